The zero-order valence-corrected chi connectivity index (χ0v) is 11.7. The van der Waals surface area contributed by atoms with Crippen molar-refractivity contribution in [3.63, 3.8) is 0 Å². The molecule has 0 saturated carbocycles. The largest absolute Gasteiger partial charge is 0.371 e. The van der Waals surface area contributed by atoms with E-state index in [1.165, 1.54) is 0 Å². The van der Waals surface area contributed by atoms with E-state index in [9.17, 15) is 0 Å². The van der Waals surface area contributed by atoms with Gasteiger partial charge in [0.1, 0.15) is 5.82 Å². The first-order chi connectivity index (χ1) is 9.05. The average Bonchev–Trinajstić information content (AvgIpc) is 2.44. The highest BCUT2D eigenvalue weighted by Gasteiger charge is 2.16. The maximum atomic E-state index is 5.92. The third-order valence-corrected chi connectivity index (χ3v) is 3.41. The molecule has 0 atom stereocenters. The molecule has 4 heteroatoms. The minimum absolute atomic E-state index is 0.141. The molecule has 4 nitrogen and oxygen atoms in total. The molecule has 2 aromatic rings. The van der Waals surface area contributed by atoms with Crippen LogP contribution < -0.4 is 11.3 Å². The minimum atomic E-state index is -0.141. The molecule has 0 aliphatic carbocycles. The maximum Gasteiger partial charge on any atom is 0.146 e. The normalized spacial score (nSPS) is 11.8. The number of nitrogens with zero attached hydrogens (tertiary/aromatic N) is 1. The number of hydrazine groups is 1. The zero-order valence-electron chi connectivity index (χ0n) is 11.7. The molecule has 102 valence electrons. The van der Waals surface area contributed by atoms with E-state index in [-0.39, 0.29) is 5.60 Å². The van der Waals surface area contributed by atoms with Crippen LogP contribution in [0.15, 0.2) is 30.3 Å². The number of benzene rings is 1. The van der Waals surface area contributed by atoms with Gasteiger partial charge in [-0.1, -0.05) is 25.1 Å². The van der Waals surface area contributed by atoms with Crippen LogP contribution in [0.1, 0.15) is 32.8 Å². The molecule has 1 aromatic heterocycles. The van der Waals surface area contributed by atoms with Crippen molar-refractivity contribution in [3.05, 3.63) is 35.9 Å². The standard InChI is InChI=1S/C15H21N3O/c1-4-15(2,3)19-10-12-9-11-7-5-6-8-13(11)17-14(12)18-16/h5-9H,4,10,16H2,1-3H3,(H,17,18). The highest BCUT2D eigenvalue weighted by molar-refractivity contribution is 5.81. The van der Waals surface area contributed by atoms with Crippen LogP contribution in [0, 0.1) is 0 Å². The summed E-state index contributed by atoms with van der Waals surface area (Å²) in [5.41, 5.74) is 4.41. The third kappa shape index (κ3) is 3.22. The molecule has 0 aliphatic rings. The van der Waals surface area contributed by atoms with E-state index in [4.69, 9.17) is 10.6 Å². The van der Waals surface area contributed by atoms with E-state index in [0.29, 0.717) is 12.4 Å². The fourth-order valence-electron chi connectivity index (χ4n) is 1.77. The number of anilines is 1. The lowest BCUT2D eigenvalue weighted by atomic mass is 10.1. The van der Waals surface area contributed by atoms with Gasteiger partial charge in [0.2, 0.25) is 0 Å². The molecule has 0 bridgehead atoms. The summed E-state index contributed by atoms with van der Waals surface area (Å²) in [7, 11) is 0. The van der Waals surface area contributed by atoms with E-state index >= 15 is 0 Å². The molecule has 0 radical (unpaired) electrons. The molecule has 19 heavy (non-hydrogen) atoms. The molecule has 0 fully saturated rings. The molecule has 0 unspecified atom stereocenters. The first-order valence-corrected chi connectivity index (χ1v) is 6.55. The number of pyridine rings is 1. The molecule has 0 aliphatic heterocycles. The van der Waals surface area contributed by atoms with Crippen LogP contribution in [0.5, 0.6) is 0 Å². The van der Waals surface area contributed by atoms with Crippen molar-refractivity contribution in [2.24, 2.45) is 5.84 Å². The molecule has 1 aromatic carbocycles. The van der Waals surface area contributed by atoms with Gasteiger partial charge in [0, 0.05) is 10.9 Å². The van der Waals surface area contributed by atoms with Crippen LogP contribution in [0.25, 0.3) is 10.9 Å². The number of hydrogen-bond donors (Lipinski definition) is 2. The third-order valence-electron chi connectivity index (χ3n) is 3.41. The summed E-state index contributed by atoms with van der Waals surface area (Å²) in [4.78, 5) is 4.50. The summed E-state index contributed by atoms with van der Waals surface area (Å²) in [6, 6.07) is 10.0. The first kappa shape index (κ1) is 13.8. The van der Waals surface area contributed by atoms with E-state index < -0.39 is 0 Å². The zero-order chi connectivity index (χ0) is 13.9. The van der Waals surface area contributed by atoms with Crippen molar-refractivity contribution < 1.29 is 4.74 Å². The van der Waals surface area contributed by atoms with Gasteiger partial charge >= 0.3 is 0 Å². The fraction of sp³-hybridized carbons (Fsp3) is 0.400. The van der Waals surface area contributed by atoms with Crippen molar-refractivity contribution in [2.45, 2.75) is 39.4 Å². The number of aromatic nitrogens is 1. The second-order valence-corrected chi connectivity index (χ2v) is 5.24. The SMILES string of the molecule is CCC(C)(C)OCc1cc2ccccc2nc1NN. The fourth-order valence-corrected chi connectivity index (χ4v) is 1.77. The molecule has 0 amide bonds. The van der Waals surface area contributed by atoms with Gasteiger partial charge in [-0.25, -0.2) is 10.8 Å². The van der Waals surface area contributed by atoms with Crippen LogP contribution in [-0.4, -0.2) is 10.6 Å². The molecular formula is C15H21N3O. The van der Waals surface area contributed by atoms with Crippen LogP contribution in [0.4, 0.5) is 5.82 Å². The van der Waals surface area contributed by atoms with Crippen molar-refractivity contribution in [2.75, 3.05) is 5.43 Å². The second-order valence-electron chi connectivity index (χ2n) is 5.24. The predicted molar refractivity (Wildman–Crippen MR) is 78.7 cm³/mol. The van der Waals surface area contributed by atoms with Gasteiger partial charge in [-0.3, -0.25) is 0 Å². The summed E-state index contributed by atoms with van der Waals surface area (Å²) < 4.78 is 5.92. The number of nitrogens with one attached hydrogen (secondary N) is 1. The number of fused-ring (bicyclic) bond motifs is 1. The molecule has 0 spiro atoms. The minimum Gasteiger partial charge on any atom is -0.371 e. The lowest BCUT2D eigenvalue weighted by Gasteiger charge is -2.24. The van der Waals surface area contributed by atoms with Gasteiger partial charge in [-0.05, 0) is 32.4 Å². The van der Waals surface area contributed by atoms with E-state index in [1.54, 1.807) is 0 Å². The summed E-state index contributed by atoms with van der Waals surface area (Å²) in [6.07, 6.45) is 0.958. The Morgan fingerprint density at radius 1 is 1.32 bits per heavy atom. The molecule has 0 saturated heterocycles. The second kappa shape index (κ2) is 5.55. The van der Waals surface area contributed by atoms with Crippen LogP contribution in [0.3, 0.4) is 0 Å². The molecule has 1 heterocycles. The van der Waals surface area contributed by atoms with Gasteiger partial charge in [-0.15, -0.1) is 0 Å². The van der Waals surface area contributed by atoms with E-state index in [0.717, 1.165) is 22.9 Å². The molecule has 3 N–H and O–H groups in total. The average molecular weight is 259 g/mol. The van der Waals surface area contributed by atoms with Gasteiger partial charge in [0.25, 0.3) is 0 Å². The van der Waals surface area contributed by atoms with Crippen molar-refractivity contribution >= 4 is 16.7 Å². The number of ether oxygens (including phenoxy) is 1. The van der Waals surface area contributed by atoms with Gasteiger partial charge in [0.05, 0.1) is 17.7 Å². The van der Waals surface area contributed by atoms with Gasteiger partial charge < -0.3 is 10.2 Å². The Balaban J connectivity index is 2.31. The lowest BCUT2D eigenvalue weighted by Crippen LogP contribution is -2.23. The van der Waals surface area contributed by atoms with Crippen LogP contribution in [-0.2, 0) is 11.3 Å². The molecular weight excluding hydrogens is 238 g/mol. The van der Waals surface area contributed by atoms with E-state index in [1.807, 2.05) is 24.3 Å². The van der Waals surface area contributed by atoms with Crippen molar-refractivity contribution in [1.82, 2.24) is 4.98 Å². The summed E-state index contributed by atoms with van der Waals surface area (Å²) >= 11 is 0. The number of para-hydroxylation sites is 1. The number of rotatable bonds is 5. The quantitative estimate of drug-likeness (QED) is 0.639. The Kier molecular flexibility index (Phi) is 4.02. The van der Waals surface area contributed by atoms with E-state index in [2.05, 4.69) is 37.2 Å². The Labute approximate surface area is 113 Å². The Morgan fingerprint density at radius 2 is 2.05 bits per heavy atom. The number of nitrogens with two attached hydrogens (primary N) is 1. The summed E-state index contributed by atoms with van der Waals surface area (Å²) in [5, 5.41) is 1.09. The Morgan fingerprint density at radius 3 is 2.74 bits per heavy atom. The van der Waals surface area contributed by atoms with Gasteiger partial charge in [0.15, 0.2) is 0 Å². The topological polar surface area (TPSA) is 60.2 Å². The lowest BCUT2D eigenvalue weighted by molar-refractivity contribution is -0.0314. The van der Waals surface area contributed by atoms with Crippen LogP contribution >= 0.6 is 0 Å². The van der Waals surface area contributed by atoms with Crippen LogP contribution in [0.2, 0.25) is 0 Å². The highest BCUT2D eigenvalue weighted by atomic mass is 16.5. The Hall–Kier alpha value is -1.65. The smallest absolute Gasteiger partial charge is 0.146 e. The highest BCUT2D eigenvalue weighted by Crippen LogP contribution is 2.23. The number of nitrogen functional groups attached to an aromatic ring is 1. The Bertz CT molecular complexity index is 566. The summed E-state index contributed by atoms with van der Waals surface area (Å²) in [5.74, 6) is 6.22. The number of hydrogen-bond acceptors (Lipinski definition) is 4. The predicted octanol–water partition coefficient (Wildman–Crippen LogP) is 3.23. The summed E-state index contributed by atoms with van der Waals surface area (Å²) in [6.45, 7) is 6.77. The van der Waals surface area contributed by atoms with Crippen molar-refractivity contribution in [3.8, 4) is 0 Å². The monoisotopic (exact) mass is 259 g/mol. The maximum absolute atomic E-state index is 5.92. The van der Waals surface area contributed by atoms with Crippen molar-refractivity contribution in [1.29, 1.82) is 0 Å². The first-order valence-electron chi connectivity index (χ1n) is 6.55. The molecule has 2 rings (SSSR count). The van der Waals surface area contributed by atoms with Gasteiger partial charge in [-0.2, -0.15) is 0 Å².